The van der Waals surface area contributed by atoms with Gasteiger partial charge in [0.05, 0.1) is 10.7 Å². The lowest BCUT2D eigenvalue weighted by Gasteiger charge is -2.20. The van der Waals surface area contributed by atoms with Crippen LogP contribution in [0.5, 0.6) is 17.2 Å². The quantitative estimate of drug-likeness (QED) is 0.910. The molecule has 0 aliphatic carbocycles. The van der Waals surface area contributed by atoms with Gasteiger partial charge in [-0.05, 0) is 17.7 Å². The first kappa shape index (κ1) is 12.9. The smallest absolute Gasteiger partial charge is 0.163 e. The first-order chi connectivity index (χ1) is 9.72. The summed E-state index contributed by atoms with van der Waals surface area (Å²) in [6.07, 6.45) is 0. The molecule has 2 aromatic carbocycles. The van der Waals surface area contributed by atoms with Gasteiger partial charge in [0, 0.05) is 18.7 Å². The number of hydrogen-bond acceptors (Lipinski definition) is 4. The van der Waals surface area contributed by atoms with Crippen LogP contribution in [0.1, 0.15) is 5.56 Å². The van der Waals surface area contributed by atoms with Gasteiger partial charge in [-0.25, -0.2) is 0 Å². The molecule has 5 heteroatoms. The maximum atomic E-state index is 9.43. The summed E-state index contributed by atoms with van der Waals surface area (Å²) >= 11 is 6.21. The summed E-state index contributed by atoms with van der Waals surface area (Å²) in [5, 5.41) is 13.2. The van der Waals surface area contributed by atoms with Gasteiger partial charge in [-0.3, -0.25) is 0 Å². The largest absolute Gasteiger partial charge is 0.508 e. The molecule has 1 aliphatic heterocycles. The van der Waals surface area contributed by atoms with Crippen LogP contribution in [0.15, 0.2) is 36.4 Å². The Kier molecular flexibility index (Phi) is 3.56. The third kappa shape index (κ3) is 2.75. The normalized spacial score (nSPS) is 13.1. The van der Waals surface area contributed by atoms with E-state index in [9.17, 15) is 5.11 Å². The van der Waals surface area contributed by atoms with E-state index in [1.54, 1.807) is 24.3 Å². The summed E-state index contributed by atoms with van der Waals surface area (Å²) in [4.78, 5) is 0. The molecule has 3 rings (SSSR count). The van der Waals surface area contributed by atoms with Crippen molar-refractivity contribution in [2.24, 2.45) is 0 Å². The summed E-state index contributed by atoms with van der Waals surface area (Å²) in [7, 11) is 0. The number of anilines is 1. The maximum Gasteiger partial charge on any atom is 0.163 e. The van der Waals surface area contributed by atoms with Gasteiger partial charge in [-0.2, -0.15) is 0 Å². The van der Waals surface area contributed by atoms with Crippen LogP contribution < -0.4 is 14.8 Å². The van der Waals surface area contributed by atoms with E-state index in [0.29, 0.717) is 36.3 Å². The molecule has 4 nitrogen and oxygen atoms in total. The zero-order valence-corrected chi connectivity index (χ0v) is 11.5. The van der Waals surface area contributed by atoms with E-state index in [1.807, 2.05) is 12.1 Å². The van der Waals surface area contributed by atoms with Crippen LogP contribution in [0, 0.1) is 0 Å². The second kappa shape index (κ2) is 5.51. The molecule has 1 heterocycles. The lowest BCUT2D eigenvalue weighted by Crippen LogP contribution is -2.15. The van der Waals surface area contributed by atoms with E-state index in [4.69, 9.17) is 21.1 Å². The van der Waals surface area contributed by atoms with Crippen LogP contribution in [0.3, 0.4) is 0 Å². The number of phenols is 1. The fraction of sp³-hybridized carbons (Fsp3) is 0.200. The number of aromatic hydroxyl groups is 1. The Morgan fingerprint density at radius 1 is 1.10 bits per heavy atom. The fourth-order valence-electron chi connectivity index (χ4n) is 2.06. The van der Waals surface area contributed by atoms with Gasteiger partial charge < -0.3 is 19.9 Å². The second-order valence-electron chi connectivity index (χ2n) is 4.50. The number of hydrogen-bond donors (Lipinski definition) is 2. The number of benzene rings is 2. The minimum absolute atomic E-state index is 0.248. The highest BCUT2D eigenvalue weighted by molar-refractivity contribution is 6.33. The summed E-state index contributed by atoms with van der Waals surface area (Å²) in [5.74, 6) is 1.61. The molecule has 0 fully saturated rings. The monoisotopic (exact) mass is 291 g/mol. The Labute approximate surface area is 121 Å². The number of nitrogens with one attached hydrogen (secondary N) is 1. The SMILES string of the molecule is Oc1cccc(CNc2cc3c(cc2Cl)OCCO3)c1. The Balaban J connectivity index is 1.77. The summed E-state index contributed by atoms with van der Waals surface area (Å²) in [6.45, 7) is 1.65. The molecule has 0 bridgehead atoms. The van der Waals surface area contributed by atoms with E-state index in [1.165, 1.54) is 0 Å². The molecule has 20 heavy (non-hydrogen) atoms. The average molecular weight is 292 g/mol. The third-order valence-electron chi connectivity index (χ3n) is 3.03. The van der Waals surface area contributed by atoms with Gasteiger partial charge in [0.25, 0.3) is 0 Å². The van der Waals surface area contributed by atoms with Gasteiger partial charge in [0.2, 0.25) is 0 Å². The summed E-state index contributed by atoms with van der Waals surface area (Å²) in [6, 6.07) is 10.7. The van der Waals surface area contributed by atoms with Crippen LogP contribution in [0.4, 0.5) is 5.69 Å². The highest BCUT2D eigenvalue weighted by Crippen LogP contribution is 2.38. The molecule has 0 aromatic heterocycles. The zero-order chi connectivity index (χ0) is 13.9. The van der Waals surface area contributed by atoms with Crippen molar-refractivity contribution in [2.45, 2.75) is 6.54 Å². The third-order valence-corrected chi connectivity index (χ3v) is 3.34. The van der Waals surface area contributed by atoms with Crippen molar-refractivity contribution in [1.82, 2.24) is 0 Å². The van der Waals surface area contributed by atoms with Crippen molar-refractivity contribution in [3.05, 3.63) is 47.0 Å². The van der Waals surface area contributed by atoms with E-state index in [2.05, 4.69) is 5.32 Å². The van der Waals surface area contributed by atoms with Gasteiger partial charge in [0.15, 0.2) is 11.5 Å². The molecule has 1 aliphatic rings. The van der Waals surface area contributed by atoms with Crippen molar-refractivity contribution in [1.29, 1.82) is 0 Å². The molecule has 104 valence electrons. The molecule has 0 saturated carbocycles. The van der Waals surface area contributed by atoms with Crippen LogP contribution in [0.25, 0.3) is 0 Å². The van der Waals surface area contributed by atoms with E-state index in [0.717, 1.165) is 11.3 Å². The summed E-state index contributed by atoms with van der Waals surface area (Å²) < 4.78 is 11.0. The molecule has 0 saturated heterocycles. The number of rotatable bonds is 3. The van der Waals surface area contributed by atoms with Crippen molar-refractivity contribution in [2.75, 3.05) is 18.5 Å². The number of ether oxygens (including phenoxy) is 2. The van der Waals surface area contributed by atoms with Gasteiger partial charge in [-0.15, -0.1) is 0 Å². The number of fused-ring (bicyclic) bond motifs is 1. The van der Waals surface area contributed by atoms with Crippen LogP contribution in [-0.4, -0.2) is 18.3 Å². The molecule has 0 radical (unpaired) electrons. The molecule has 2 N–H and O–H groups in total. The first-order valence-corrected chi connectivity index (χ1v) is 6.71. The highest BCUT2D eigenvalue weighted by atomic mass is 35.5. The molecular weight excluding hydrogens is 278 g/mol. The highest BCUT2D eigenvalue weighted by Gasteiger charge is 2.14. The number of halogens is 1. The topological polar surface area (TPSA) is 50.7 Å². The predicted octanol–water partition coefficient (Wildman–Crippen LogP) is 3.43. The van der Waals surface area contributed by atoms with E-state index < -0.39 is 0 Å². The Morgan fingerprint density at radius 3 is 2.60 bits per heavy atom. The second-order valence-corrected chi connectivity index (χ2v) is 4.91. The van der Waals surface area contributed by atoms with Crippen molar-refractivity contribution >= 4 is 17.3 Å². The van der Waals surface area contributed by atoms with Crippen LogP contribution >= 0.6 is 11.6 Å². The average Bonchev–Trinajstić information content (AvgIpc) is 2.45. The van der Waals surface area contributed by atoms with Gasteiger partial charge in [0.1, 0.15) is 19.0 Å². The molecule has 0 amide bonds. The lowest BCUT2D eigenvalue weighted by atomic mass is 10.2. The van der Waals surface area contributed by atoms with Crippen molar-refractivity contribution in [3.63, 3.8) is 0 Å². The van der Waals surface area contributed by atoms with Crippen LogP contribution in [-0.2, 0) is 6.54 Å². The predicted molar refractivity (Wildman–Crippen MR) is 77.9 cm³/mol. The Hall–Kier alpha value is -2.07. The van der Waals surface area contributed by atoms with E-state index >= 15 is 0 Å². The fourth-order valence-corrected chi connectivity index (χ4v) is 2.28. The Morgan fingerprint density at radius 2 is 1.85 bits per heavy atom. The summed E-state index contributed by atoms with van der Waals surface area (Å²) in [5.41, 5.74) is 1.75. The first-order valence-electron chi connectivity index (χ1n) is 6.33. The van der Waals surface area contributed by atoms with Crippen molar-refractivity contribution in [3.8, 4) is 17.2 Å². The van der Waals surface area contributed by atoms with Gasteiger partial charge in [-0.1, -0.05) is 23.7 Å². The molecular formula is C15H14ClNO3. The molecule has 0 unspecified atom stereocenters. The van der Waals surface area contributed by atoms with Crippen molar-refractivity contribution < 1.29 is 14.6 Å². The maximum absolute atomic E-state index is 9.43. The Bertz CT molecular complexity index is 631. The minimum Gasteiger partial charge on any atom is -0.508 e. The standard InChI is InChI=1S/C15H14ClNO3/c16-12-7-14-15(20-5-4-19-14)8-13(12)17-9-10-2-1-3-11(18)6-10/h1-3,6-8,17-18H,4-5,9H2. The molecule has 2 aromatic rings. The lowest BCUT2D eigenvalue weighted by molar-refractivity contribution is 0.171. The zero-order valence-electron chi connectivity index (χ0n) is 10.7. The number of phenolic OH excluding ortho intramolecular Hbond substituents is 1. The van der Waals surface area contributed by atoms with E-state index in [-0.39, 0.29) is 5.75 Å². The minimum atomic E-state index is 0.248. The molecule has 0 spiro atoms. The van der Waals surface area contributed by atoms with Crippen LogP contribution in [0.2, 0.25) is 5.02 Å². The van der Waals surface area contributed by atoms with Gasteiger partial charge >= 0.3 is 0 Å². The molecule has 0 atom stereocenters.